The number of aliphatic carboxylic acids is 1. The molecule has 0 saturated carbocycles. The van der Waals surface area contributed by atoms with Crippen LogP contribution in [0, 0.1) is 18.2 Å². The molecule has 7 nitrogen and oxygen atoms in total. The number of fused-ring (bicyclic) bond motifs is 1. The zero-order valence-corrected chi connectivity index (χ0v) is 31.1. The second-order valence-electron chi connectivity index (χ2n) is 15.6. The van der Waals surface area contributed by atoms with Gasteiger partial charge in [0, 0.05) is 48.6 Å². The first kappa shape index (κ1) is 37.8. The number of rotatable bonds is 10. The Bertz CT molecular complexity index is 1770. The highest BCUT2D eigenvalue weighted by molar-refractivity contribution is 5.87. The monoisotopic (exact) mass is 695 g/mol. The van der Waals surface area contributed by atoms with E-state index < -0.39 is 11.6 Å². The van der Waals surface area contributed by atoms with Crippen molar-refractivity contribution in [2.45, 2.75) is 92.2 Å². The summed E-state index contributed by atoms with van der Waals surface area (Å²) >= 11 is 0. The van der Waals surface area contributed by atoms with Crippen molar-refractivity contribution in [2.75, 3.05) is 36.0 Å². The number of halogens is 1. The van der Waals surface area contributed by atoms with Crippen LogP contribution in [0.4, 0.5) is 15.8 Å². The Balaban J connectivity index is 0.000000943. The second kappa shape index (κ2) is 16.3. The number of nitrogens with zero attached hydrogens (tertiary/aromatic N) is 3. The molecule has 4 aromatic rings. The van der Waals surface area contributed by atoms with Gasteiger partial charge in [-0.25, -0.2) is 4.39 Å². The highest BCUT2D eigenvalue weighted by Gasteiger charge is 2.31. The molecular weight excluding hydrogens is 641 g/mol. The first-order chi connectivity index (χ1) is 24.2. The Kier molecular flexibility index (Phi) is 12.1. The highest BCUT2D eigenvalue weighted by Crippen LogP contribution is 2.43. The van der Waals surface area contributed by atoms with Crippen molar-refractivity contribution < 1.29 is 24.1 Å². The van der Waals surface area contributed by atoms with Crippen molar-refractivity contribution in [1.29, 1.82) is 0 Å². The van der Waals surface area contributed by atoms with E-state index in [1.54, 1.807) is 32.9 Å². The van der Waals surface area contributed by atoms with Crippen LogP contribution in [0.25, 0.3) is 11.1 Å². The molecule has 2 N–H and O–H groups in total. The Morgan fingerprint density at radius 2 is 1.61 bits per heavy atom. The number of benzene rings is 3. The number of carboxylic acid groups (broad SMARTS) is 1. The minimum Gasteiger partial charge on any atom is -0.493 e. The normalized spacial score (nSPS) is 15.5. The fourth-order valence-corrected chi connectivity index (χ4v) is 6.86. The van der Waals surface area contributed by atoms with Crippen LogP contribution < -0.4 is 14.5 Å². The summed E-state index contributed by atoms with van der Waals surface area (Å²) in [5, 5.41) is 18.5. The van der Waals surface area contributed by atoms with Crippen molar-refractivity contribution in [1.82, 2.24) is 4.98 Å². The Labute approximate surface area is 303 Å². The molecule has 0 radical (unpaired) electrons. The van der Waals surface area contributed by atoms with Crippen molar-refractivity contribution in [2.24, 2.45) is 5.41 Å². The number of para-hydroxylation sites is 1. The quantitative estimate of drug-likeness (QED) is 0.172. The Hall–Kier alpha value is -4.43. The van der Waals surface area contributed by atoms with Gasteiger partial charge in [-0.05, 0) is 106 Å². The van der Waals surface area contributed by atoms with Gasteiger partial charge in [-0.1, -0.05) is 56.3 Å². The molecule has 1 aromatic heterocycles. The third-order valence-electron chi connectivity index (χ3n) is 9.57. The average Bonchev–Trinajstić information content (AvgIpc) is 3.07. The topological polar surface area (TPSA) is 86.1 Å². The number of carbonyl (C=O) groups is 1. The smallest absolute Gasteiger partial charge is 0.307 e. The maximum atomic E-state index is 13.3. The lowest BCUT2D eigenvalue weighted by Crippen LogP contribution is -2.39. The molecule has 3 heterocycles. The van der Waals surface area contributed by atoms with Gasteiger partial charge in [-0.3, -0.25) is 9.78 Å². The molecule has 1 saturated heterocycles. The van der Waals surface area contributed by atoms with Crippen molar-refractivity contribution in [3.05, 3.63) is 107 Å². The standard InChI is InChI=1S/C39H44FN3O3.C4H10O/c1-27-33(25-36(44)45)38(42-22-19-39(2,3)20-23-42)37(34(41-27)26-43-21-6-8-29-7-4-5-9-35(29)43)30-12-16-32(17-13-30)46-24-18-28-10-14-31(40)15-11-28;1-4(2,3)5/h4-5,7,9-17H,6,8,18-26H2,1-3H3,(H,44,45);5H,1-3H3. The van der Waals surface area contributed by atoms with Gasteiger partial charge < -0.3 is 24.7 Å². The Morgan fingerprint density at radius 3 is 2.25 bits per heavy atom. The van der Waals surface area contributed by atoms with Crippen molar-refractivity contribution >= 4 is 17.3 Å². The molecule has 8 heteroatoms. The molecular formula is C43H54FN3O4. The number of pyridine rings is 1. The number of aliphatic hydroxyl groups is 1. The molecule has 0 aliphatic carbocycles. The van der Waals surface area contributed by atoms with Gasteiger partial charge in [0.2, 0.25) is 0 Å². The fourth-order valence-electron chi connectivity index (χ4n) is 6.86. The van der Waals surface area contributed by atoms with Gasteiger partial charge in [-0.2, -0.15) is 0 Å². The summed E-state index contributed by atoms with van der Waals surface area (Å²) in [4.78, 5) is 22.2. The third-order valence-corrected chi connectivity index (χ3v) is 9.57. The van der Waals surface area contributed by atoms with Crippen LogP contribution in [-0.2, 0) is 30.6 Å². The SMILES string of the molecule is CC(C)(C)O.Cc1nc(CN2CCCc3ccccc32)c(-c2ccc(OCCc3ccc(F)cc3)cc2)c(N2CCC(C)(C)CC2)c1CC(=O)O. The average molecular weight is 696 g/mol. The molecule has 0 bridgehead atoms. The highest BCUT2D eigenvalue weighted by atomic mass is 19.1. The van der Waals surface area contributed by atoms with E-state index in [1.165, 1.54) is 23.4 Å². The van der Waals surface area contributed by atoms with Crippen LogP contribution in [0.3, 0.4) is 0 Å². The summed E-state index contributed by atoms with van der Waals surface area (Å²) < 4.78 is 19.4. The molecule has 0 amide bonds. The first-order valence-corrected chi connectivity index (χ1v) is 18.2. The Morgan fingerprint density at radius 1 is 0.961 bits per heavy atom. The minimum absolute atomic E-state index is 0.0710. The predicted molar refractivity (Wildman–Crippen MR) is 204 cm³/mol. The molecule has 272 valence electrons. The third kappa shape index (κ3) is 10.5. The number of hydrogen-bond donors (Lipinski definition) is 2. The van der Waals surface area contributed by atoms with Crippen LogP contribution in [0.5, 0.6) is 5.75 Å². The van der Waals surface area contributed by atoms with Crippen LogP contribution >= 0.6 is 0 Å². The summed E-state index contributed by atoms with van der Waals surface area (Å²) in [5.74, 6) is -0.338. The van der Waals surface area contributed by atoms with Gasteiger partial charge in [0.1, 0.15) is 11.6 Å². The summed E-state index contributed by atoms with van der Waals surface area (Å²) in [7, 11) is 0. The van der Waals surface area contributed by atoms with Crippen LogP contribution in [-0.4, -0.2) is 53.0 Å². The molecule has 0 atom stereocenters. The van der Waals surface area contributed by atoms with E-state index in [2.05, 4.69) is 60.0 Å². The maximum absolute atomic E-state index is 13.3. The molecule has 51 heavy (non-hydrogen) atoms. The summed E-state index contributed by atoms with van der Waals surface area (Å²) in [6.07, 6.45) is 4.84. The molecule has 2 aliphatic rings. The van der Waals surface area contributed by atoms with E-state index >= 15 is 0 Å². The van der Waals surface area contributed by atoms with E-state index in [-0.39, 0.29) is 17.7 Å². The number of aryl methyl sites for hydroxylation is 2. The predicted octanol–water partition coefficient (Wildman–Crippen LogP) is 8.80. The zero-order chi connectivity index (χ0) is 36.8. The van der Waals surface area contributed by atoms with Gasteiger partial charge >= 0.3 is 5.97 Å². The number of anilines is 2. The number of ether oxygens (including phenoxy) is 1. The molecule has 3 aromatic carbocycles. The summed E-state index contributed by atoms with van der Waals surface area (Å²) in [5.41, 5.74) is 8.95. The molecule has 1 fully saturated rings. The summed E-state index contributed by atoms with van der Waals surface area (Å²) in [6, 6.07) is 23.3. The molecule has 2 aliphatic heterocycles. The van der Waals surface area contributed by atoms with Crippen LogP contribution in [0.15, 0.2) is 72.8 Å². The molecule has 0 unspecified atom stereocenters. The van der Waals surface area contributed by atoms with Crippen molar-refractivity contribution in [3.63, 3.8) is 0 Å². The maximum Gasteiger partial charge on any atom is 0.307 e. The number of hydrogen-bond acceptors (Lipinski definition) is 6. The van der Waals surface area contributed by atoms with Gasteiger partial charge in [0.05, 0.1) is 36.6 Å². The van der Waals surface area contributed by atoms with Crippen LogP contribution in [0.2, 0.25) is 0 Å². The van der Waals surface area contributed by atoms with Gasteiger partial charge in [0.25, 0.3) is 0 Å². The van der Waals surface area contributed by atoms with E-state index in [0.29, 0.717) is 19.6 Å². The van der Waals surface area contributed by atoms with E-state index in [4.69, 9.17) is 14.8 Å². The largest absolute Gasteiger partial charge is 0.493 e. The first-order valence-electron chi connectivity index (χ1n) is 18.2. The van der Waals surface area contributed by atoms with Gasteiger partial charge in [0.15, 0.2) is 0 Å². The minimum atomic E-state index is -0.850. The van der Waals surface area contributed by atoms with E-state index in [0.717, 1.165) is 90.4 Å². The number of aromatic nitrogens is 1. The zero-order valence-electron chi connectivity index (χ0n) is 31.1. The number of carboxylic acids is 1. The van der Waals surface area contributed by atoms with Gasteiger partial charge in [-0.15, -0.1) is 0 Å². The van der Waals surface area contributed by atoms with E-state index in [1.807, 2.05) is 19.1 Å². The van der Waals surface area contributed by atoms with E-state index in [9.17, 15) is 14.3 Å². The van der Waals surface area contributed by atoms with Crippen LogP contribution in [0.1, 0.15) is 82.0 Å². The summed E-state index contributed by atoms with van der Waals surface area (Å²) in [6.45, 7) is 15.6. The molecule has 0 spiro atoms. The lowest BCUT2D eigenvalue weighted by Gasteiger charge is -2.40. The second-order valence-corrected chi connectivity index (χ2v) is 15.6. The lowest BCUT2D eigenvalue weighted by molar-refractivity contribution is -0.136. The fraction of sp³-hybridized carbons (Fsp3) is 0.442. The number of piperidine rings is 1. The lowest BCUT2D eigenvalue weighted by atomic mass is 9.82. The molecule has 6 rings (SSSR count). The van der Waals surface area contributed by atoms with Crippen molar-refractivity contribution in [3.8, 4) is 16.9 Å².